The second-order valence-corrected chi connectivity index (χ2v) is 9.23. The van der Waals surface area contributed by atoms with E-state index in [-0.39, 0.29) is 24.2 Å². The van der Waals surface area contributed by atoms with Crippen LogP contribution < -0.4 is 10.1 Å². The number of likely N-dealkylation sites (tertiary alicyclic amines) is 1. The molecule has 2 saturated heterocycles. The zero-order valence-corrected chi connectivity index (χ0v) is 18.5. The highest BCUT2D eigenvalue weighted by Gasteiger charge is 2.29. The van der Waals surface area contributed by atoms with Gasteiger partial charge in [-0.05, 0) is 31.6 Å². The molecule has 3 fully saturated rings. The summed E-state index contributed by atoms with van der Waals surface area (Å²) < 4.78 is 11.7. The molecule has 1 saturated carbocycles. The van der Waals surface area contributed by atoms with Crippen molar-refractivity contribution in [1.29, 1.82) is 0 Å². The monoisotopic (exact) mass is 441 g/mol. The third-order valence-electron chi connectivity index (χ3n) is 6.87. The van der Waals surface area contributed by atoms with Crippen molar-refractivity contribution < 1.29 is 19.4 Å². The maximum absolute atomic E-state index is 11.9. The van der Waals surface area contributed by atoms with Gasteiger partial charge in [0.25, 0.3) is 0 Å². The van der Waals surface area contributed by atoms with Crippen LogP contribution in [0.15, 0.2) is 12.4 Å². The largest absolute Gasteiger partial charge is 0.474 e. The van der Waals surface area contributed by atoms with Gasteiger partial charge in [-0.15, -0.1) is 0 Å². The van der Waals surface area contributed by atoms with Gasteiger partial charge in [0, 0.05) is 50.8 Å². The number of aromatic nitrogens is 3. The maximum Gasteiger partial charge on any atom is 0.224 e. The third-order valence-corrected chi connectivity index (χ3v) is 6.87. The molecule has 32 heavy (non-hydrogen) atoms. The van der Waals surface area contributed by atoms with Crippen LogP contribution in [0.1, 0.15) is 56.4 Å². The summed E-state index contributed by atoms with van der Waals surface area (Å²) >= 11 is 0. The zero-order valence-electron chi connectivity index (χ0n) is 18.5. The standard InChI is InChI=1S/C23H31N5O4/c1-28-13-15(10-20(28)30)26-23-25-12-19-21(27-23)18(14-2-4-16(29)5-3-14)11-24-22(19)32-17-6-8-31-9-7-17/h11-12,14-17,29H,2-10,13H2,1H3,(H,25,26,27)/t14-,15-,16-/m1/s1. The number of anilines is 1. The lowest BCUT2D eigenvalue weighted by atomic mass is 9.83. The number of rotatable bonds is 5. The average Bonchev–Trinajstić information content (AvgIpc) is 3.12. The predicted octanol–water partition coefficient (Wildman–Crippen LogP) is 2.24. The molecule has 0 unspecified atom stereocenters. The van der Waals surface area contributed by atoms with Gasteiger partial charge in [-0.2, -0.15) is 0 Å². The molecule has 1 amide bonds. The van der Waals surface area contributed by atoms with Gasteiger partial charge < -0.3 is 24.8 Å². The Hall–Kier alpha value is -2.52. The summed E-state index contributed by atoms with van der Waals surface area (Å²) in [7, 11) is 1.81. The van der Waals surface area contributed by atoms with Crippen LogP contribution in [0, 0.1) is 0 Å². The van der Waals surface area contributed by atoms with E-state index < -0.39 is 0 Å². The van der Waals surface area contributed by atoms with Gasteiger partial charge in [0.2, 0.25) is 17.7 Å². The van der Waals surface area contributed by atoms with E-state index in [2.05, 4.69) is 15.3 Å². The van der Waals surface area contributed by atoms with E-state index in [0.717, 1.165) is 55.0 Å². The van der Waals surface area contributed by atoms with Gasteiger partial charge >= 0.3 is 0 Å². The van der Waals surface area contributed by atoms with E-state index in [4.69, 9.17) is 14.5 Å². The molecule has 2 aromatic rings. The van der Waals surface area contributed by atoms with Crippen LogP contribution in [-0.2, 0) is 9.53 Å². The molecule has 2 N–H and O–H groups in total. The zero-order chi connectivity index (χ0) is 22.1. The molecular formula is C23H31N5O4. The second kappa shape index (κ2) is 9.15. The predicted molar refractivity (Wildman–Crippen MR) is 119 cm³/mol. The van der Waals surface area contributed by atoms with Crippen molar-refractivity contribution in [2.24, 2.45) is 0 Å². The van der Waals surface area contributed by atoms with Crippen LogP contribution in [0.5, 0.6) is 5.88 Å². The number of carbonyl (C=O) groups excluding carboxylic acids is 1. The summed E-state index contributed by atoms with van der Waals surface area (Å²) in [5.41, 5.74) is 1.93. The van der Waals surface area contributed by atoms with Gasteiger partial charge in [-0.1, -0.05) is 0 Å². The lowest BCUT2D eigenvalue weighted by Gasteiger charge is -2.27. The number of hydrogen-bond acceptors (Lipinski definition) is 8. The SMILES string of the molecule is CN1C[C@H](Nc2ncc3c(OC4CCOCC4)ncc([C@H]4CC[C@H](O)CC4)c3n2)CC1=O. The number of aliphatic hydroxyl groups is 1. The summed E-state index contributed by atoms with van der Waals surface area (Å²) in [6, 6.07) is -0.00183. The number of carbonyl (C=O) groups is 1. The Morgan fingerprint density at radius 1 is 1.12 bits per heavy atom. The molecule has 9 nitrogen and oxygen atoms in total. The lowest BCUT2D eigenvalue weighted by molar-refractivity contribution is -0.126. The molecule has 2 aromatic heterocycles. The highest BCUT2D eigenvalue weighted by atomic mass is 16.5. The van der Waals surface area contributed by atoms with E-state index in [1.54, 1.807) is 11.1 Å². The minimum absolute atomic E-state index is 0.00183. The molecule has 0 spiro atoms. The summed E-state index contributed by atoms with van der Waals surface area (Å²) in [4.78, 5) is 27.7. The number of aliphatic hydroxyl groups excluding tert-OH is 1. The molecule has 1 atom stereocenters. The molecule has 9 heteroatoms. The fourth-order valence-corrected chi connectivity index (χ4v) is 4.96. The Bertz CT molecular complexity index is 972. The van der Waals surface area contributed by atoms with E-state index in [1.165, 1.54) is 0 Å². The fraction of sp³-hybridized carbons (Fsp3) is 0.652. The Morgan fingerprint density at radius 2 is 1.91 bits per heavy atom. The molecule has 0 aromatic carbocycles. The van der Waals surface area contributed by atoms with E-state index in [9.17, 15) is 9.90 Å². The number of nitrogens with one attached hydrogen (secondary N) is 1. The molecular weight excluding hydrogens is 410 g/mol. The quantitative estimate of drug-likeness (QED) is 0.727. The van der Waals surface area contributed by atoms with E-state index in [1.807, 2.05) is 13.2 Å². The van der Waals surface area contributed by atoms with Crippen LogP contribution >= 0.6 is 0 Å². The van der Waals surface area contributed by atoms with E-state index >= 15 is 0 Å². The summed E-state index contributed by atoms with van der Waals surface area (Å²) in [5.74, 6) is 1.51. The smallest absolute Gasteiger partial charge is 0.224 e. The van der Waals surface area contributed by atoms with Gasteiger partial charge in [0.05, 0.1) is 36.3 Å². The van der Waals surface area contributed by atoms with Gasteiger partial charge in [-0.3, -0.25) is 4.79 Å². The lowest BCUT2D eigenvalue weighted by Crippen LogP contribution is -2.26. The van der Waals surface area contributed by atoms with Crippen molar-refractivity contribution in [3.05, 3.63) is 18.0 Å². The van der Waals surface area contributed by atoms with Crippen molar-refractivity contribution in [2.45, 2.75) is 69.1 Å². The minimum atomic E-state index is -0.217. The number of ether oxygens (including phenoxy) is 2. The first-order valence-corrected chi connectivity index (χ1v) is 11.7. The highest BCUT2D eigenvalue weighted by Crippen LogP contribution is 2.38. The molecule has 3 aliphatic rings. The number of nitrogens with zero attached hydrogens (tertiary/aromatic N) is 4. The second-order valence-electron chi connectivity index (χ2n) is 9.23. The fourth-order valence-electron chi connectivity index (χ4n) is 4.96. The first-order chi connectivity index (χ1) is 15.6. The van der Waals surface area contributed by atoms with Crippen LogP contribution in [0.2, 0.25) is 0 Å². The maximum atomic E-state index is 11.9. The number of hydrogen-bond donors (Lipinski definition) is 2. The molecule has 0 bridgehead atoms. The third kappa shape index (κ3) is 4.49. The molecule has 0 radical (unpaired) electrons. The van der Waals surface area contributed by atoms with Gasteiger partial charge in [0.1, 0.15) is 6.10 Å². The molecule has 4 heterocycles. The number of likely N-dealkylation sites (N-methyl/N-ethyl adjacent to an activating group) is 1. The van der Waals surface area contributed by atoms with Crippen LogP contribution in [0.3, 0.4) is 0 Å². The Kier molecular flexibility index (Phi) is 6.10. The molecule has 172 valence electrons. The van der Waals surface area contributed by atoms with Crippen molar-refractivity contribution in [3.8, 4) is 5.88 Å². The summed E-state index contributed by atoms with van der Waals surface area (Å²) in [6.45, 7) is 2.04. The minimum Gasteiger partial charge on any atom is -0.474 e. The molecule has 2 aliphatic heterocycles. The number of fused-ring (bicyclic) bond motifs is 1. The molecule has 1 aliphatic carbocycles. The van der Waals surface area contributed by atoms with Crippen LogP contribution in [-0.4, -0.2) is 75.9 Å². The Morgan fingerprint density at radius 3 is 2.62 bits per heavy atom. The highest BCUT2D eigenvalue weighted by molar-refractivity contribution is 5.87. The van der Waals surface area contributed by atoms with Crippen molar-refractivity contribution >= 4 is 22.8 Å². The first-order valence-electron chi connectivity index (χ1n) is 11.7. The van der Waals surface area contributed by atoms with Crippen molar-refractivity contribution in [3.63, 3.8) is 0 Å². The first kappa shape index (κ1) is 21.3. The number of pyridine rings is 1. The number of amides is 1. The van der Waals surface area contributed by atoms with E-state index in [0.29, 0.717) is 43.9 Å². The summed E-state index contributed by atoms with van der Waals surface area (Å²) in [5, 5.41) is 14.1. The van der Waals surface area contributed by atoms with Crippen LogP contribution in [0.4, 0.5) is 5.95 Å². The van der Waals surface area contributed by atoms with Gasteiger partial charge in [0.15, 0.2) is 0 Å². The Labute approximate surface area is 187 Å². The average molecular weight is 442 g/mol. The topological polar surface area (TPSA) is 110 Å². The van der Waals surface area contributed by atoms with Crippen molar-refractivity contribution in [1.82, 2.24) is 19.9 Å². The van der Waals surface area contributed by atoms with Crippen LogP contribution in [0.25, 0.3) is 10.9 Å². The van der Waals surface area contributed by atoms with Crippen molar-refractivity contribution in [2.75, 3.05) is 32.1 Å². The normalized spacial score (nSPS) is 27.1. The summed E-state index contributed by atoms with van der Waals surface area (Å²) in [6.07, 6.45) is 9.07. The Balaban J connectivity index is 1.46. The molecule has 5 rings (SSSR count). The van der Waals surface area contributed by atoms with Gasteiger partial charge in [-0.25, -0.2) is 15.0 Å².